The molecule has 1 aliphatic heterocycles. The van der Waals surface area contributed by atoms with Gasteiger partial charge in [-0.25, -0.2) is 23.1 Å². The lowest BCUT2D eigenvalue weighted by Gasteiger charge is -2.17. The van der Waals surface area contributed by atoms with Crippen LogP contribution in [0.4, 0.5) is 5.95 Å². The normalized spacial score (nSPS) is 22.0. The molecule has 24 heavy (non-hydrogen) atoms. The summed E-state index contributed by atoms with van der Waals surface area (Å²) in [4.78, 5) is 14.2. The number of hydrogen-bond acceptors (Lipinski definition) is 5. The molecule has 3 aromatic heterocycles. The molecule has 2 aliphatic rings. The smallest absolute Gasteiger partial charge is 0.214 e. The van der Waals surface area contributed by atoms with E-state index in [1.807, 2.05) is 12.3 Å². The monoisotopic (exact) mass is 346 g/mol. The maximum atomic E-state index is 12.1. The van der Waals surface area contributed by atoms with Crippen molar-refractivity contribution in [3.8, 4) is 0 Å². The number of H-pyrrole nitrogens is 1. The molecule has 0 aromatic carbocycles. The van der Waals surface area contributed by atoms with Gasteiger partial charge in [-0.1, -0.05) is 0 Å². The second-order valence-electron chi connectivity index (χ2n) is 6.58. The van der Waals surface area contributed by atoms with Crippen LogP contribution in [0.15, 0.2) is 24.7 Å². The van der Waals surface area contributed by atoms with Crippen LogP contribution in [-0.2, 0) is 10.0 Å². The molecule has 2 N–H and O–H groups in total. The summed E-state index contributed by atoms with van der Waals surface area (Å²) in [7, 11) is -3.15. The van der Waals surface area contributed by atoms with Gasteiger partial charge in [-0.05, 0) is 25.3 Å². The quantitative estimate of drug-likeness (QED) is 0.731. The highest BCUT2D eigenvalue weighted by molar-refractivity contribution is 7.90. The van der Waals surface area contributed by atoms with Crippen LogP contribution in [0.3, 0.4) is 0 Å². The van der Waals surface area contributed by atoms with E-state index >= 15 is 0 Å². The SMILES string of the molecule is O=S(=O)(N[C@H]1CCN(c2ncc3cnc4[nH]ccc4n23)C1)C1CC1. The number of aromatic nitrogens is 4. The molecule has 126 valence electrons. The average Bonchev–Trinajstić information content (AvgIpc) is 2.96. The van der Waals surface area contributed by atoms with Crippen LogP contribution in [-0.4, -0.2) is 52.2 Å². The van der Waals surface area contributed by atoms with E-state index in [4.69, 9.17) is 0 Å². The van der Waals surface area contributed by atoms with E-state index in [0.29, 0.717) is 6.54 Å². The number of imidazole rings is 1. The summed E-state index contributed by atoms with van der Waals surface area (Å²) >= 11 is 0. The molecule has 0 spiro atoms. The molecule has 1 aliphatic carbocycles. The van der Waals surface area contributed by atoms with Gasteiger partial charge < -0.3 is 9.88 Å². The third-order valence-electron chi connectivity index (χ3n) is 4.81. The van der Waals surface area contributed by atoms with Gasteiger partial charge in [0.05, 0.1) is 28.7 Å². The van der Waals surface area contributed by atoms with Crippen molar-refractivity contribution in [2.45, 2.75) is 30.6 Å². The van der Waals surface area contributed by atoms with E-state index < -0.39 is 10.0 Å². The topological polar surface area (TPSA) is 95.4 Å². The lowest BCUT2D eigenvalue weighted by molar-refractivity contribution is 0.560. The van der Waals surface area contributed by atoms with Crippen molar-refractivity contribution in [1.82, 2.24) is 24.1 Å². The Kier molecular flexibility index (Phi) is 2.93. The van der Waals surface area contributed by atoms with E-state index in [0.717, 1.165) is 48.4 Å². The number of hydrogen-bond donors (Lipinski definition) is 2. The summed E-state index contributed by atoms with van der Waals surface area (Å²) in [5, 5.41) is -0.177. The Morgan fingerprint density at radius 2 is 2.04 bits per heavy atom. The van der Waals surface area contributed by atoms with Crippen LogP contribution in [0.1, 0.15) is 19.3 Å². The summed E-state index contributed by atoms with van der Waals surface area (Å²) < 4.78 is 29.2. The van der Waals surface area contributed by atoms with Crippen LogP contribution < -0.4 is 9.62 Å². The molecular weight excluding hydrogens is 328 g/mol. The number of anilines is 1. The maximum Gasteiger partial charge on any atom is 0.214 e. The van der Waals surface area contributed by atoms with Crippen LogP contribution >= 0.6 is 0 Å². The Morgan fingerprint density at radius 3 is 2.88 bits per heavy atom. The fourth-order valence-corrected chi connectivity index (χ4v) is 5.03. The van der Waals surface area contributed by atoms with E-state index in [1.165, 1.54) is 0 Å². The molecule has 1 atom stereocenters. The maximum absolute atomic E-state index is 12.1. The molecule has 5 rings (SSSR count). The van der Waals surface area contributed by atoms with Crippen molar-refractivity contribution in [1.29, 1.82) is 0 Å². The standard InChI is InChI=1S/C15H18N6O2S/c22-24(23,12-1-2-12)19-10-4-6-20(9-10)15-18-8-11-7-17-14-13(21(11)15)3-5-16-14/h3,5,7-8,10,12,16,19H,1-2,4,6,9H2/t10-/m0/s1. The first-order valence-corrected chi connectivity index (χ1v) is 9.72. The van der Waals surface area contributed by atoms with Gasteiger partial charge in [-0.2, -0.15) is 0 Å². The minimum atomic E-state index is -3.15. The highest BCUT2D eigenvalue weighted by Gasteiger charge is 2.38. The fraction of sp³-hybridized carbons (Fsp3) is 0.467. The van der Waals surface area contributed by atoms with E-state index in [2.05, 4.69) is 29.0 Å². The van der Waals surface area contributed by atoms with Gasteiger partial charge >= 0.3 is 0 Å². The number of aromatic amines is 1. The molecule has 1 saturated carbocycles. The van der Waals surface area contributed by atoms with Gasteiger partial charge in [0.1, 0.15) is 0 Å². The van der Waals surface area contributed by atoms with Crippen molar-refractivity contribution in [3.05, 3.63) is 24.7 Å². The molecule has 8 nitrogen and oxygen atoms in total. The van der Waals surface area contributed by atoms with Gasteiger partial charge in [0.2, 0.25) is 16.0 Å². The molecule has 3 aromatic rings. The molecule has 0 amide bonds. The lowest BCUT2D eigenvalue weighted by Crippen LogP contribution is -2.39. The minimum Gasteiger partial charge on any atom is -0.345 e. The molecule has 9 heteroatoms. The van der Waals surface area contributed by atoms with Gasteiger partial charge in [0.15, 0.2) is 5.65 Å². The molecule has 4 heterocycles. The van der Waals surface area contributed by atoms with Crippen LogP contribution in [0.2, 0.25) is 0 Å². The molecular formula is C15H18N6O2S. The Balaban J connectivity index is 1.45. The number of rotatable bonds is 4. The number of sulfonamides is 1. The van der Waals surface area contributed by atoms with Gasteiger partial charge in [0.25, 0.3) is 0 Å². The molecule has 0 bridgehead atoms. The second-order valence-corrected chi connectivity index (χ2v) is 8.57. The van der Waals surface area contributed by atoms with Crippen molar-refractivity contribution >= 4 is 32.7 Å². The van der Waals surface area contributed by atoms with E-state index in [9.17, 15) is 8.42 Å². The third-order valence-corrected chi connectivity index (χ3v) is 6.82. The second kappa shape index (κ2) is 4.93. The van der Waals surface area contributed by atoms with Crippen molar-refractivity contribution in [2.24, 2.45) is 0 Å². The molecule has 1 saturated heterocycles. The van der Waals surface area contributed by atoms with Crippen molar-refractivity contribution < 1.29 is 8.42 Å². The van der Waals surface area contributed by atoms with Gasteiger partial charge in [-0.15, -0.1) is 0 Å². The fourth-order valence-electron chi connectivity index (χ4n) is 3.43. The Hall–Kier alpha value is -2.13. The van der Waals surface area contributed by atoms with E-state index in [1.54, 1.807) is 12.4 Å². The highest BCUT2D eigenvalue weighted by Crippen LogP contribution is 2.29. The minimum absolute atomic E-state index is 0.0495. The summed E-state index contributed by atoms with van der Waals surface area (Å²) in [5.41, 5.74) is 2.72. The molecule has 0 radical (unpaired) electrons. The zero-order chi connectivity index (χ0) is 16.3. The predicted molar refractivity (Wildman–Crippen MR) is 90.5 cm³/mol. The van der Waals surface area contributed by atoms with Gasteiger partial charge in [0, 0.05) is 25.3 Å². The van der Waals surface area contributed by atoms with Crippen LogP contribution in [0.25, 0.3) is 16.7 Å². The number of fused-ring (bicyclic) bond motifs is 3. The zero-order valence-corrected chi connectivity index (χ0v) is 13.8. The van der Waals surface area contributed by atoms with E-state index in [-0.39, 0.29) is 11.3 Å². The first-order valence-electron chi connectivity index (χ1n) is 8.17. The highest BCUT2D eigenvalue weighted by atomic mass is 32.2. The largest absolute Gasteiger partial charge is 0.345 e. The third kappa shape index (κ3) is 2.19. The predicted octanol–water partition coefficient (Wildman–Crippen LogP) is 0.871. The van der Waals surface area contributed by atoms with Crippen molar-refractivity contribution in [3.63, 3.8) is 0 Å². The summed E-state index contributed by atoms with van der Waals surface area (Å²) in [6, 6.07) is 1.93. The van der Waals surface area contributed by atoms with Crippen LogP contribution in [0, 0.1) is 0 Å². The Labute approximate surface area is 138 Å². The Bertz CT molecular complexity index is 1020. The first-order chi connectivity index (χ1) is 11.6. The average molecular weight is 346 g/mol. The summed E-state index contributed by atoms with van der Waals surface area (Å²) in [6.45, 7) is 1.42. The zero-order valence-electron chi connectivity index (χ0n) is 13.0. The lowest BCUT2D eigenvalue weighted by atomic mass is 10.3. The first kappa shape index (κ1) is 14.2. The summed E-state index contributed by atoms with van der Waals surface area (Å²) in [5.74, 6) is 0.838. The number of nitrogens with zero attached hydrogens (tertiary/aromatic N) is 4. The molecule has 0 unspecified atom stereocenters. The Morgan fingerprint density at radius 1 is 1.21 bits per heavy atom. The van der Waals surface area contributed by atoms with Crippen molar-refractivity contribution in [2.75, 3.05) is 18.0 Å². The van der Waals surface area contributed by atoms with Gasteiger partial charge in [-0.3, -0.25) is 4.40 Å². The number of nitrogens with one attached hydrogen (secondary N) is 2. The molecule has 2 fully saturated rings. The van der Waals surface area contributed by atoms with Crippen LogP contribution in [0.5, 0.6) is 0 Å². The summed E-state index contributed by atoms with van der Waals surface area (Å²) in [6.07, 6.45) is 7.82.